The van der Waals surface area contributed by atoms with Gasteiger partial charge in [-0.25, -0.2) is 0 Å². The average molecular weight is 272 g/mol. The summed E-state index contributed by atoms with van der Waals surface area (Å²) >= 11 is 1.58. The van der Waals surface area contributed by atoms with Crippen LogP contribution < -0.4 is 0 Å². The van der Waals surface area contributed by atoms with Gasteiger partial charge in [-0.05, 0) is 31.0 Å². The minimum Gasteiger partial charge on any atom is -0.187 e. The van der Waals surface area contributed by atoms with Gasteiger partial charge in [0.15, 0.2) is 5.82 Å². The van der Waals surface area contributed by atoms with E-state index in [-0.39, 0.29) is 0 Å². The van der Waals surface area contributed by atoms with E-state index in [2.05, 4.69) is 61.2 Å². The third-order valence-corrected chi connectivity index (χ3v) is 4.23. The van der Waals surface area contributed by atoms with Gasteiger partial charge in [0, 0.05) is 11.5 Å². The van der Waals surface area contributed by atoms with Crippen molar-refractivity contribution >= 4 is 16.3 Å². The molecule has 3 aromatic rings. The third-order valence-electron chi connectivity index (χ3n) is 3.29. The topological polar surface area (TPSA) is 43.1 Å². The molecule has 4 nitrogen and oxygen atoms in total. The van der Waals surface area contributed by atoms with Crippen LogP contribution in [0.1, 0.15) is 36.7 Å². The summed E-state index contributed by atoms with van der Waals surface area (Å²) < 4.78 is 1.86. The molecule has 0 aliphatic heterocycles. The lowest BCUT2D eigenvalue weighted by Gasteiger charge is -2.02. The van der Waals surface area contributed by atoms with Crippen LogP contribution in [-0.2, 0) is 0 Å². The van der Waals surface area contributed by atoms with Gasteiger partial charge in [0.05, 0.1) is 0 Å². The maximum Gasteiger partial charge on any atom is 0.234 e. The van der Waals surface area contributed by atoms with Gasteiger partial charge in [0.1, 0.15) is 5.01 Å². The van der Waals surface area contributed by atoms with Gasteiger partial charge in [-0.2, -0.15) is 9.61 Å². The Morgan fingerprint density at radius 1 is 1.11 bits per heavy atom. The highest BCUT2D eigenvalue weighted by atomic mass is 32.1. The van der Waals surface area contributed by atoms with Crippen LogP contribution in [0.4, 0.5) is 0 Å². The fraction of sp³-hybridized carbons (Fsp3) is 0.357. The van der Waals surface area contributed by atoms with E-state index in [1.807, 2.05) is 4.52 Å². The van der Waals surface area contributed by atoms with Crippen molar-refractivity contribution in [3.05, 3.63) is 35.2 Å². The largest absolute Gasteiger partial charge is 0.234 e. The summed E-state index contributed by atoms with van der Waals surface area (Å²) in [6, 6.07) is 6.43. The molecule has 0 fully saturated rings. The molecule has 1 aromatic carbocycles. The van der Waals surface area contributed by atoms with Gasteiger partial charge in [-0.15, -0.1) is 10.2 Å². The first-order valence-corrected chi connectivity index (χ1v) is 7.17. The first-order chi connectivity index (χ1) is 9.06. The van der Waals surface area contributed by atoms with Crippen LogP contribution >= 0.6 is 11.3 Å². The molecule has 0 aliphatic carbocycles. The molecule has 0 atom stereocenters. The first-order valence-electron chi connectivity index (χ1n) is 6.36. The molecule has 2 aromatic heterocycles. The molecule has 5 heteroatoms. The number of aromatic nitrogens is 4. The Morgan fingerprint density at radius 3 is 2.58 bits per heavy atom. The van der Waals surface area contributed by atoms with Crippen molar-refractivity contribution < 1.29 is 0 Å². The molecule has 0 N–H and O–H groups in total. The molecule has 2 heterocycles. The Kier molecular flexibility index (Phi) is 2.86. The predicted octanol–water partition coefficient (Wildman–Crippen LogP) is 3.59. The fourth-order valence-electron chi connectivity index (χ4n) is 1.98. The molecular weight excluding hydrogens is 256 g/mol. The molecule has 3 rings (SSSR count). The van der Waals surface area contributed by atoms with Crippen LogP contribution in [0.3, 0.4) is 0 Å². The maximum atomic E-state index is 4.65. The van der Waals surface area contributed by atoms with Crippen molar-refractivity contribution in [3.8, 4) is 10.6 Å². The highest BCUT2D eigenvalue weighted by Crippen LogP contribution is 2.28. The van der Waals surface area contributed by atoms with Crippen molar-refractivity contribution in [1.29, 1.82) is 0 Å². The summed E-state index contributed by atoms with van der Waals surface area (Å²) in [6.07, 6.45) is 0. The molecule has 98 valence electrons. The lowest BCUT2D eigenvalue weighted by molar-refractivity contribution is 0.727. The maximum absolute atomic E-state index is 4.65. The summed E-state index contributed by atoms with van der Waals surface area (Å²) in [4.78, 5) is 0.858. The predicted molar refractivity (Wildman–Crippen MR) is 77.7 cm³/mol. The highest BCUT2D eigenvalue weighted by molar-refractivity contribution is 7.19. The van der Waals surface area contributed by atoms with Crippen LogP contribution in [0.2, 0.25) is 0 Å². The Morgan fingerprint density at radius 2 is 1.89 bits per heavy atom. The summed E-state index contributed by atoms with van der Waals surface area (Å²) in [5.74, 6) is 1.24. The van der Waals surface area contributed by atoms with E-state index in [0.29, 0.717) is 5.92 Å². The molecule has 0 radical (unpaired) electrons. The van der Waals surface area contributed by atoms with Crippen LogP contribution in [0.15, 0.2) is 18.2 Å². The van der Waals surface area contributed by atoms with Crippen LogP contribution in [0.25, 0.3) is 15.5 Å². The minimum absolute atomic E-state index is 0.324. The zero-order valence-corrected chi connectivity index (χ0v) is 12.3. The number of hydrogen-bond donors (Lipinski definition) is 0. The zero-order valence-electron chi connectivity index (χ0n) is 11.5. The van der Waals surface area contributed by atoms with E-state index in [9.17, 15) is 0 Å². The summed E-state index contributed by atoms with van der Waals surface area (Å²) in [5, 5.41) is 14.0. The number of fused-ring (bicyclic) bond motifs is 1. The monoisotopic (exact) mass is 272 g/mol. The quantitative estimate of drug-likeness (QED) is 0.716. The SMILES string of the molecule is Cc1ccc(-c2nn3c(C(C)C)nnc3s2)cc1C. The molecule has 0 amide bonds. The Bertz CT molecular complexity index is 739. The van der Waals surface area contributed by atoms with Gasteiger partial charge < -0.3 is 0 Å². The standard InChI is InChI=1S/C14H16N4S/c1-8(2)12-15-16-14-18(12)17-13(19-14)11-6-5-9(3)10(4)7-11/h5-8H,1-4H3. The van der Waals surface area contributed by atoms with E-state index in [4.69, 9.17) is 0 Å². The van der Waals surface area contributed by atoms with Crippen LogP contribution in [0, 0.1) is 13.8 Å². The van der Waals surface area contributed by atoms with E-state index >= 15 is 0 Å². The lowest BCUT2D eigenvalue weighted by Crippen LogP contribution is -1.97. The van der Waals surface area contributed by atoms with Crippen molar-refractivity contribution in [2.45, 2.75) is 33.6 Å². The summed E-state index contributed by atoms with van der Waals surface area (Å²) in [7, 11) is 0. The zero-order chi connectivity index (χ0) is 13.6. The Hall–Kier alpha value is -1.75. The second-order valence-electron chi connectivity index (χ2n) is 5.11. The van der Waals surface area contributed by atoms with Gasteiger partial charge >= 0.3 is 0 Å². The smallest absolute Gasteiger partial charge is 0.187 e. The van der Waals surface area contributed by atoms with Crippen molar-refractivity contribution in [1.82, 2.24) is 19.8 Å². The van der Waals surface area contributed by atoms with Crippen LogP contribution in [0.5, 0.6) is 0 Å². The molecular formula is C14H16N4S. The number of nitrogens with zero attached hydrogens (tertiary/aromatic N) is 4. The van der Waals surface area contributed by atoms with E-state index in [0.717, 1.165) is 21.4 Å². The van der Waals surface area contributed by atoms with Crippen molar-refractivity contribution in [2.75, 3.05) is 0 Å². The highest BCUT2D eigenvalue weighted by Gasteiger charge is 2.15. The second kappa shape index (κ2) is 4.42. The van der Waals surface area contributed by atoms with Crippen molar-refractivity contribution in [2.24, 2.45) is 0 Å². The van der Waals surface area contributed by atoms with E-state index < -0.39 is 0 Å². The normalized spacial score (nSPS) is 11.6. The molecule has 19 heavy (non-hydrogen) atoms. The number of aryl methyl sites for hydroxylation is 2. The Balaban J connectivity index is 2.12. The number of rotatable bonds is 2. The Labute approximate surface area is 116 Å². The second-order valence-corrected chi connectivity index (χ2v) is 6.07. The molecule has 0 spiro atoms. The number of hydrogen-bond acceptors (Lipinski definition) is 4. The molecule has 0 saturated heterocycles. The fourth-order valence-corrected chi connectivity index (χ4v) is 2.83. The lowest BCUT2D eigenvalue weighted by atomic mass is 10.1. The molecule has 0 saturated carbocycles. The third kappa shape index (κ3) is 2.04. The van der Waals surface area contributed by atoms with Gasteiger partial charge in [0.2, 0.25) is 4.96 Å². The van der Waals surface area contributed by atoms with E-state index in [1.165, 1.54) is 11.1 Å². The van der Waals surface area contributed by atoms with Gasteiger partial charge in [-0.3, -0.25) is 0 Å². The van der Waals surface area contributed by atoms with Gasteiger partial charge in [-0.1, -0.05) is 37.3 Å². The molecule has 0 bridgehead atoms. The first kappa shape index (κ1) is 12.3. The summed E-state index contributed by atoms with van der Waals surface area (Å²) in [6.45, 7) is 8.45. The molecule has 0 aliphatic rings. The van der Waals surface area contributed by atoms with Crippen molar-refractivity contribution in [3.63, 3.8) is 0 Å². The minimum atomic E-state index is 0.324. The molecule has 0 unspecified atom stereocenters. The average Bonchev–Trinajstić information content (AvgIpc) is 2.91. The van der Waals surface area contributed by atoms with Crippen LogP contribution in [-0.4, -0.2) is 19.8 Å². The van der Waals surface area contributed by atoms with E-state index in [1.54, 1.807) is 11.3 Å². The number of benzene rings is 1. The van der Waals surface area contributed by atoms with Gasteiger partial charge in [0.25, 0.3) is 0 Å². The summed E-state index contributed by atoms with van der Waals surface area (Å²) in [5.41, 5.74) is 3.73.